The van der Waals surface area contributed by atoms with Crippen molar-refractivity contribution in [2.45, 2.75) is 19.4 Å². The zero-order valence-electron chi connectivity index (χ0n) is 8.26. The minimum Gasteiger partial charge on any atom is -0.496 e. The van der Waals surface area contributed by atoms with Gasteiger partial charge in [-0.1, -0.05) is 6.07 Å². The van der Waals surface area contributed by atoms with E-state index in [9.17, 15) is 0 Å². The van der Waals surface area contributed by atoms with E-state index in [1.165, 1.54) is 5.56 Å². The van der Waals surface area contributed by atoms with Gasteiger partial charge < -0.3 is 9.47 Å². The smallest absolute Gasteiger partial charge is 0.121 e. The van der Waals surface area contributed by atoms with Crippen molar-refractivity contribution in [1.29, 1.82) is 0 Å². The molecule has 1 unspecified atom stereocenters. The van der Waals surface area contributed by atoms with Gasteiger partial charge in [0.25, 0.3) is 0 Å². The highest BCUT2D eigenvalue weighted by atomic mass is 16.6. The minimum atomic E-state index is -0.0307. The van der Waals surface area contributed by atoms with E-state index in [1.54, 1.807) is 7.11 Å². The summed E-state index contributed by atoms with van der Waals surface area (Å²) in [5.41, 5.74) is 2.37. The maximum Gasteiger partial charge on any atom is 0.121 e. The summed E-state index contributed by atoms with van der Waals surface area (Å²) in [7, 11) is 1.69. The first kappa shape index (κ1) is 8.57. The van der Waals surface area contributed by atoms with Crippen LogP contribution in [-0.4, -0.2) is 13.7 Å². The maximum atomic E-state index is 5.37. The second-order valence-corrected chi connectivity index (χ2v) is 3.70. The molecule has 0 N–H and O–H groups in total. The van der Waals surface area contributed by atoms with Crippen molar-refractivity contribution >= 4 is 0 Å². The Kier molecular flexibility index (Phi) is 1.81. The van der Waals surface area contributed by atoms with Crippen LogP contribution in [0.4, 0.5) is 0 Å². The van der Waals surface area contributed by atoms with Crippen LogP contribution in [0.25, 0.3) is 0 Å². The third kappa shape index (κ3) is 1.42. The first-order valence-corrected chi connectivity index (χ1v) is 4.45. The lowest BCUT2D eigenvalue weighted by Gasteiger charge is -2.09. The average molecular weight is 178 g/mol. The first-order valence-electron chi connectivity index (χ1n) is 4.45. The molecule has 70 valence electrons. The Hall–Kier alpha value is -1.02. The van der Waals surface area contributed by atoms with Crippen molar-refractivity contribution in [2.24, 2.45) is 0 Å². The molecule has 2 heteroatoms. The number of hydrogen-bond donors (Lipinski definition) is 0. The number of ether oxygens (including phenoxy) is 2. The molecule has 0 bridgehead atoms. The fourth-order valence-electron chi connectivity index (χ4n) is 1.48. The topological polar surface area (TPSA) is 21.8 Å². The summed E-state index contributed by atoms with van der Waals surface area (Å²) in [5.74, 6) is 0.938. The molecule has 0 saturated carbocycles. The molecule has 0 aromatic heterocycles. The van der Waals surface area contributed by atoms with Crippen LogP contribution in [0.15, 0.2) is 18.2 Å². The molecule has 2 nitrogen and oxygen atoms in total. The molecule has 1 atom stereocenters. The highest BCUT2D eigenvalue weighted by molar-refractivity contribution is 5.39. The molecule has 1 aliphatic rings. The fourth-order valence-corrected chi connectivity index (χ4v) is 1.48. The van der Waals surface area contributed by atoms with Crippen LogP contribution >= 0.6 is 0 Å². The summed E-state index contributed by atoms with van der Waals surface area (Å²) < 4.78 is 10.6. The van der Waals surface area contributed by atoms with Gasteiger partial charge in [0.05, 0.1) is 13.7 Å². The van der Waals surface area contributed by atoms with E-state index in [2.05, 4.69) is 19.1 Å². The van der Waals surface area contributed by atoms with Crippen LogP contribution < -0.4 is 4.74 Å². The summed E-state index contributed by atoms with van der Waals surface area (Å²) >= 11 is 0. The second-order valence-electron chi connectivity index (χ2n) is 3.70. The van der Waals surface area contributed by atoms with E-state index in [0.29, 0.717) is 0 Å². The van der Waals surface area contributed by atoms with Crippen molar-refractivity contribution in [2.75, 3.05) is 13.7 Å². The largest absolute Gasteiger partial charge is 0.496 e. The Morgan fingerprint density at radius 3 is 2.62 bits per heavy atom. The van der Waals surface area contributed by atoms with Gasteiger partial charge in [0.1, 0.15) is 11.4 Å². The summed E-state index contributed by atoms with van der Waals surface area (Å²) in [5, 5.41) is 0. The molecule has 2 rings (SSSR count). The van der Waals surface area contributed by atoms with Crippen molar-refractivity contribution in [1.82, 2.24) is 0 Å². The number of hydrogen-bond acceptors (Lipinski definition) is 2. The summed E-state index contributed by atoms with van der Waals surface area (Å²) in [4.78, 5) is 0. The average Bonchev–Trinajstić information content (AvgIpc) is 2.85. The second kappa shape index (κ2) is 2.74. The van der Waals surface area contributed by atoms with Gasteiger partial charge in [-0.05, 0) is 37.1 Å². The fraction of sp³-hybridized carbons (Fsp3) is 0.455. The van der Waals surface area contributed by atoms with Gasteiger partial charge in [0.2, 0.25) is 0 Å². The molecular weight excluding hydrogens is 164 g/mol. The van der Waals surface area contributed by atoms with Crippen molar-refractivity contribution in [3.8, 4) is 5.75 Å². The predicted molar refractivity (Wildman–Crippen MR) is 51.0 cm³/mol. The molecule has 0 aliphatic carbocycles. The predicted octanol–water partition coefficient (Wildman–Crippen LogP) is 2.25. The van der Waals surface area contributed by atoms with E-state index in [0.717, 1.165) is 17.9 Å². The summed E-state index contributed by atoms with van der Waals surface area (Å²) in [6.07, 6.45) is 0. The summed E-state index contributed by atoms with van der Waals surface area (Å²) in [6.45, 7) is 4.99. The van der Waals surface area contributed by atoms with E-state index in [4.69, 9.17) is 9.47 Å². The van der Waals surface area contributed by atoms with Crippen molar-refractivity contribution < 1.29 is 9.47 Å². The van der Waals surface area contributed by atoms with Crippen LogP contribution in [0.3, 0.4) is 0 Å². The van der Waals surface area contributed by atoms with E-state index < -0.39 is 0 Å². The molecule has 1 aromatic rings. The molecule has 1 saturated heterocycles. The normalized spacial score (nSPS) is 25.8. The highest BCUT2D eigenvalue weighted by Crippen LogP contribution is 2.39. The van der Waals surface area contributed by atoms with E-state index >= 15 is 0 Å². The SMILES string of the molecule is COc1ccc(C2(C)CO2)cc1C. The maximum absolute atomic E-state index is 5.37. The van der Waals surface area contributed by atoms with Gasteiger partial charge in [-0.3, -0.25) is 0 Å². The lowest BCUT2D eigenvalue weighted by atomic mass is 10.00. The van der Waals surface area contributed by atoms with Crippen molar-refractivity contribution in [3.63, 3.8) is 0 Å². The molecule has 13 heavy (non-hydrogen) atoms. The Morgan fingerprint density at radius 1 is 1.46 bits per heavy atom. The monoisotopic (exact) mass is 178 g/mol. The first-order chi connectivity index (χ1) is 6.15. The van der Waals surface area contributed by atoms with Crippen LogP contribution in [0.1, 0.15) is 18.1 Å². The van der Waals surface area contributed by atoms with Gasteiger partial charge in [-0.15, -0.1) is 0 Å². The lowest BCUT2D eigenvalue weighted by molar-refractivity contribution is 0.329. The molecule has 0 spiro atoms. The molecule has 1 aromatic carbocycles. The van der Waals surface area contributed by atoms with Gasteiger partial charge >= 0.3 is 0 Å². The molecule has 0 radical (unpaired) electrons. The highest BCUT2D eigenvalue weighted by Gasteiger charge is 2.41. The Balaban J connectivity index is 2.36. The van der Waals surface area contributed by atoms with Crippen LogP contribution in [0.2, 0.25) is 0 Å². The van der Waals surface area contributed by atoms with Crippen LogP contribution in [0.5, 0.6) is 5.75 Å². The Morgan fingerprint density at radius 2 is 2.15 bits per heavy atom. The van der Waals surface area contributed by atoms with Gasteiger partial charge in [-0.2, -0.15) is 0 Å². The molecule has 1 heterocycles. The standard InChI is InChI=1S/C11H14O2/c1-8-6-9(11(2)7-13-11)4-5-10(8)12-3/h4-6H,7H2,1-3H3. The van der Waals surface area contributed by atoms with Crippen LogP contribution in [-0.2, 0) is 10.3 Å². The van der Waals surface area contributed by atoms with E-state index in [-0.39, 0.29) is 5.60 Å². The van der Waals surface area contributed by atoms with Crippen molar-refractivity contribution in [3.05, 3.63) is 29.3 Å². The third-order valence-corrected chi connectivity index (χ3v) is 2.58. The number of epoxide rings is 1. The van der Waals surface area contributed by atoms with Gasteiger partial charge in [-0.25, -0.2) is 0 Å². The third-order valence-electron chi connectivity index (χ3n) is 2.58. The zero-order chi connectivity index (χ0) is 9.47. The Bertz CT molecular complexity index is 327. The Labute approximate surface area is 78.5 Å². The number of rotatable bonds is 2. The number of aryl methyl sites for hydroxylation is 1. The molecule has 0 amide bonds. The van der Waals surface area contributed by atoms with Gasteiger partial charge in [0.15, 0.2) is 0 Å². The molecular formula is C11H14O2. The van der Waals surface area contributed by atoms with Crippen LogP contribution in [0, 0.1) is 6.92 Å². The molecule has 1 aliphatic heterocycles. The van der Waals surface area contributed by atoms with Gasteiger partial charge in [0, 0.05) is 0 Å². The zero-order valence-corrected chi connectivity index (χ0v) is 8.26. The quantitative estimate of drug-likeness (QED) is 0.648. The minimum absolute atomic E-state index is 0.0307. The molecule has 1 fully saturated rings. The number of benzene rings is 1. The van der Waals surface area contributed by atoms with E-state index in [1.807, 2.05) is 13.0 Å². The lowest BCUT2D eigenvalue weighted by Crippen LogP contribution is -2.02. The number of methoxy groups -OCH3 is 1. The summed E-state index contributed by atoms with van der Waals surface area (Å²) in [6, 6.07) is 6.20.